The van der Waals surface area contributed by atoms with E-state index in [1.54, 1.807) is 10.7 Å². The highest BCUT2D eigenvalue weighted by Crippen LogP contribution is 2.24. The van der Waals surface area contributed by atoms with Gasteiger partial charge in [0.1, 0.15) is 11.3 Å². The van der Waals surface area contributed by atoms with Crippen LogP contribution in [-0.4, -0.2) is 21.0 Å². The van der Waals surface area contributed by atoms with Gasteiger partial charge in [-0.15, -0.1) is 0 Å². The van der Waals surface area contributed by atoms with Gasteiger partial charge in [-0.3, -0.25) is 0 Å². The van der Waals surface area contributed by atoms with Crippen LogP contribution in [0, 0.1) is 12.3 Å². The molecule has 5 nitrogen and oxygen atoms in total. The molecule has 5 heteroatoms. The molecule has 4 aromatic rings. The van der Waals surface area contributed by atoms with Gasteiger partial charge in [0.2, 0.25) is 0 Å². The van der Waals surface area contributed by atoms with Gasteiger partial charge in [-0.25, -0.2) is 9.67 Å². The summed E-state index contributed by atoms with van der Waals surface area (Å²) in [4.78, 5) is 4.60. The van der Waals surface area contributed by atoms with Crippen molar-refractivity contribution in [3.05, 3.63) is 72.6 Å². The summed E-state index contributed by atoms with van der Waals surface area (Å²) >= 11 is 0. The fraction of sp³-hybridized carbons (Fsp3) is 0.0500. The summed E-state index contributed by atoms with van der Waals surface area (Å²) in [6.07, 6.45) is 3.06. The summed E-state index contributed by atoms with van der Waals surface area (Å²) in [5.74, 6) is 1.26. The number of nitrogens with zero attached hydrogens (tertiary/aromatic N) is 3. The largest absolute Gasteiger partial charge is 0.454 e. The Morgan fingerprint density at radius 1 is 1.20 bits per heavy atom. The number of hydrogen-bond donors (Lipinski definition) is 1. The van der Waals surface area contributed by atoms with Crippen molar-refractivity contribution >= 4 is 22.9 Å². The van der Waals surface area contributed by atoms with Crippen LogP contribution in [0.25, 0.3) is 33.7 Å². The van der Waals surface area contributed by atoms with E-state index in [0.717, 1.165) is 11.3 Å². The molecule has 4 rings (SSSR count). The molecule has 25 heavy (non-hydrogen) atoms. The minimum Gasteiger partial charge on any atom is -0.454 e. The summed E-state index contributed by atoms with van der Waals surface area (Å²) in [7, 11) is 0. The Hall–Kier alpha value is -3.47. The second kappa shape index (κ2) is 5.87. The van der Waals surface area contributed by atoms with Gasteiger partial charge in [0, 0.05) is 29.6 Å². The average molecular weight is 328 g/mol. The molecule has 0 saturated heterocycles. The lowest BCUT2D eigenvalue weighted by atomic mass is 10.1. The lowest BCUT2D eigenvalue weighted by Crippen LogP contribution is -1.97. The Kier molecular flexibility index (Phi) is 3.54. The molecule has 1 N–H and O–H groups in total. The third kappa shape index (κ3) is 2.76. The van der Waals surface area contributed by atoms with Gasteiger partial charge in [-0.05, 0) is 31.2 Å². The van der Waals surface area contributed by atoms with Gasteiger partial charge in [0.25, 0.3) is 0 Å². The van der Waals surface area contributed by atoms with Gasteiger partial charge in [0.05, 0.1) is 5.69 Å². The number of aromatic nitrogens is 3. The van der Waals surface area contributed by atoms with Gasteiger partial charge in [0.15, 0.2) is 11.4 Å². The number of aryl methyl sites for hydroxylation is 1. The molecular weight excluding hydrogens is 312 g/mol. The van der Waals surface area contributed by atoms with E-state index in [9.17, 15) is 0 Å². The first-order valence-electron chi connectivity index (χ1n) is 7.87. The van der Waals surface area contributed by atoms with Crippen molar-refractivity contribution in [1.82, 2.24) is 14.8 Å². The molecule has 0 aliphatic heterocycles. The summed E-state index contributed by atoms with van der Waals surface area (Å²) in [5.41, 5.74) is 5.06. The zero-order valence-corrected chi connectivity index (χ0v) is 13.7. The molecule has 0 saturated carbocycles. The predicted molar refractivity (Wildman–Crippen MR) is 99.1 cm³/mol. The molecule has 0 atom stereocenters. The summed E-state index contributed by atoms with van der Waals surface area (Å²) in [6, 6.07) is 15.7. The number of furan rings is 1. The first-order chi connectivity index (χ1) is 12.1. The predicted octanol–water partition coefficient (Wildman–Crippen LogP) is 4.65. The Bertz CT molecular complexity index is 1100. The van der Waals surface area contributed by atoms with Crippen molar-refractivity contribution in [2.45, 2.75) is 6.92 Å². The van der Waals surface area contributed by atoms with Crippen molar-refractivity contribution in [3.8, 4) is 17.1 Å². The van der Waals surface area contributed by atoms with E-state index in [2.05, 4.69) is 35.7 Å². The summed E-state index contributed by atoms with van der Waals surface area (Å²) < 4.78 is 7.40. The number of fused-ring (bicyclic) bond motifs is 1. The maximum atomic E-state index is 7.28. The Morgan fingerprint density at radius 2 is 2.08 bits per heavy atom. The number of hydrogen-bond acceptors (Lipinski definition) is 4. The van der Waals surface area contributed by atoms with Gasteiger partial charge in [-0.2, -0.15) is 5.10 Å². The molecule has 0 unspecified atom stereocenters. The third-order valence-corrected chi connectivity index (χ3v) is 3.99. The molecule has 3 heterocycles. The van der Waals surface area contributed by atoms with Crippen LogP contribution in [0.15, 0.2) is 65.7 Å². The molecular formula is C20H16N4O. The minimum atomic E-state index is 0.514. The van der Waals surface area contributed by atoms with Gasteiger partial charge >= 0.3 is 0 Å². The summed E-state index contributed by atoms with van der Waals surface area (Å²) in [6.45, 7) is 5.85. The fourth-order valence-corrected chi connectivity index (χ4v) is 2.68. The van der Waals surface area contributed by atoms with Gasteiger partial charge in [-0.1, -0.05) is 30.3 Å². The zero-order chi connectivity index (χ0) is 17.4. The smallest absolute Gasteiger partial charge is 0.154 e. The van der Waals surface area contributed by atoms with Crippen molar-refractivity contribution in [2.24, 2.45) is 0 Å². The van der Waals surface area contributed by atoms with Crippen LogP contribution < -0.4 is 0 Å². The molecule has 0 amide bonds. The quantitative estimate of drug-likeness (QED) is 0.554. The van der Waals surface area contributed by atoms with Crippen molar-refractivity contribution in [1.29, 1.82) is 5.41 Å². The zero-order valence-electron chi connectivity index (χ0n) is 13.7. The number of rotatable bonds is 4. The maximum absolute atomic E-state index is 7.28. The SMILES string of the molecule is C=C(C=N)c1cc2nc(-n3ccc(-c4cccc(C)c4)n3)ccc2o1. The van der Waals surface area contributed by atoms with Crippen molar-refractivity contribution < 1.29 is 4.42 Å². The van der Waals surface area contributed by atoms with Crippen LogP contribution >= 0.6 is 0 Å². The minimum absolute atomic E-state index is 0.514. The molecule has 3 aromatic heterocycles. The third-order valence-electron chi connectivity index (χ3n) is 3.99. The highest BCUT2D eigenvalue weighted by atomic mass is 16.3. The monoisotopic (exact) mass is 328 g/mol. The number of benzene rings is 1. The average Bonchev–Trinajstić information content (AvgIpc) is 3.27. The molecule has 0 radical (unpaired) electrons. The second-order valence-electron chi connectivity index (χ2n) is 5.85. The van der Waals surface area contributed by atoms with Crippen LogP contribution in [0.3, 0.4) is 0 Å². The van der Waals surface area contributed by atoms with Crippen LogP contribution in [0.1, 0.15) is 11.3 Å². The van der Waals surface area contributed by atoms with Gasteiger partial charge < -0.3 is 9.83 Å². The molecule has 0 fully saturated rings. The van der Waals surface area contributed by atoms with Crippen molar-refractivity contribution in [2.75, 3.05) is 0 Å². The molecule has 0 aliphatic rings. The molecule has 0 bridgehead atoms. The van der Waals surface area contributed by atoms with E-state index in [-0.39, 0.29) is 0 Å². The van der Waals surface area contributed by atoms with Crippen LogP contribution in [0.4, 0.5) is 0 Å². The molecule has 0 aliphatic carbocycles. The normalized spacial score (nSPS) is 10.9. The maximum Gasteiger partial charge on any atom is 0.154 e. The van der Waals surface area contributed by atoms with E-state index in [1.165, 1.54) is 11.8 Å². The first-order valence-corrected chi connectivity index (χ1v) is 7.87. The number of allylic oxidation sites excluding steroid dienone is 1. The van der Waals surface area contributed by atoms with E-state index in [4.69, 9.17) is 9.83 Å². The van der Waals surface area contributed by atoms with E-state index >= 15 is 0 Å². The lowest BCUT2D eigenvalue weighted by molar-refractivity contribution is 0.602. The topological polar surface area (TPSA) is 67.7 Å². The van der Waals surface area contributed by atoms with Crippen LogP contribution in [0.5, 0.6) is 0 Å². The first kappa shape index (κ1) is 15.1. The Balaban J connectivity index is 1.72. The van der Waals surface area contributed by atoms with E-state index < -0.39 is 0 Å². The fourth-order valence-electron chi connectivity index (χ4n) is 2.68. The van der Waals surface area contributed by atoms with E-state index in [1.807, 2.05) is 36.5 Å². The highest BCUT2D eigenvalue weighted by Gasteiger charge is 2.10. The highest BCUT2D eigenvalue weighted by molar-refractivity contribution is 6.07. The molecule has 122 valence electrons. The summed E-state index contributed by atoms with van der Waals surface area (Å²) in [5, 5.41) is 11.9. The lowest BCUT2D eigenvalue weighted by Gasteiger charge is -2.01. The Morgan fingerprint density at radius 3 is 2.88 bits per heavy atom. The number of nitrogens with one attached hydrogen (secondary N) is 1. The van der Waals surface area contributed by atoms with E-state index in [0.29, 0.717) is 28.3 Å². The number of pyridine rings is 1. The van der Waals surface area contributed by atoms with Crippen LogP contribution in [-0.2, 0) is 0 Å². The second-order valence-corrected chi connectivity index (χ2v) is 5.85. The van der Waals surface area contributed by atoms with Crippen molar-refractivity contribution in [3.63, 3.8) is 0 Å². The molecule has 1 aromatic carbocycles. The standard InChI is InChI=1S/C20H16N4O/c1-13-4-3-5-15(10-13)16-8-9-24(23-16)20-7-6-18-17(22-20)11-19(25-18)14(2)12-21/h3-12,21H,2H2,1H3. The van der Waals surface area contributed by atoms with Crippen LogP contribution in [0.2, 0.25) is 0 Å². The molecule has 0 spiro atoms. The Labute approximate surface area is 144 Å².